The molecule has 2 aromatic rings. The van der Waals surface area contributed by atoms with Gasteiger partial charge in [0, 0.05) is 30.8 Å². The third-order valence-corrected chi connectivity index (χ3v) is 5.52. The van der Waals surface area contributed by atoms with Gasteiger partial charge in [0.15, 0.2) is 0 Å². The van der Waals surface area contributed by atoms with Crippen LogP contribution in [-0.2, 0) is 9.59 Å². The highest BCUT2D eigenvalue weighted by molar-refractivity contribution is 8.18. The number of nitro benzene ring substituents is 1. The fourth-order valence-corrected chi connectivity index (χ4v) is 3.76. The molecule has 0 spiro atoms. The minimum atomic E-state index is -0.628. The van der Waals surface area contributed by atoms with Gasteiger partial charge >= 0.3 is 0 Å². The molecule has 8 nitrogen and oxygen atoms in total. The second-order valence-corrected chi connectivity index (χ2v) is 7.85. The minimum absolute atomic E-state index is 0.00500. The van der Waals surface area contributed by atoms with Crippen LogP contribution < -0.4 is 5.32 Å². The Morgan fingerprint density at radius 1 is 1.25 bits per heavy atom. The normalized spacial score (nSPS) is 15.1. The zero-order valence-electron chi connectivity index (χ0n) is 16.3. The van der Waals surface area contributed by atoms with Crippen LogP contribution in [0.2, 0.25) is 5.02 Å². The number of nitrogens with one attached hydrogen (secondary N) is 1. The molecule has 3 rings (SSSR count). The van der Waals surface area contributed by atoms with E-state index in [2.05, 4.69) is 5.32 Å². The molecule has 0 aliphatic carbocycles. The van der Waals surface area contributed by atoms with Gasteiger partial charge in [0.1, 0.15) is 10.8 Å². The quantitative estimate of drug-likeness (QED) is 0.364. The van der Waals surface area contributed by atoms with E-state index in [1.807, 2.05) is 0 Å². The summed E-state index contributed by atoms with van der Waals surface area (Å²) in [4.78, 5) is 47.9. The highest BCUT2D eigenvalue weighted by atomic mass is 35.5. The van der Waals surface area contributed by atoms with Crippen LogP contribution in [0.15, 0.2) is 53.4 Å². The standard InChI is InChI=1S/C21H15ClFN3O5S/c22-15-7-5-13(11-17(15)26(30)31)6-8-19(27)24-9-10-25-20(28)18(32-21(25)29)12-14-3-1-2-4-16(14)23/h1-8,11-12H,9-10H2,(H,24,27)/b8-6+,18-12-. The Labute approximate surface area is 190 Å². The smallest absolute Gasteiger partial charge is 0.293 e. The molecule has 0 atom stereocenters. The van der Waals surface area contributed by atoms with Gasteiger partial charge in [0.05, 0.1) is 9.83 Å². The maximum Gasteiger partial charge on any atom is 0.293 e. The summed E-state index contributed by atoms with van der Waals surface area (Å²) in [6, 6.07) is 9.97. The van der Waals surface area contributed by atoms with E-state index >= 15 is 0 Å². The first-order valence-electron chi connectivity index (χ1n) is 9.16. The van der Waals surface area contributed by atoms with E-state index in [1.165, 1.54) is 54.6 Å². The molecule has 0 aromatic heterocycles. The number of carbonyl (C=O) groups is 3. The van der Waals surface area contributed by atoms with Crippen molar-refractivity contribution in [2.75, 3.05) is 13.1 Å². The molecular weight excluding hydrogens is 461 g/mol. The molecule has 1 heterocycles. The van der Waals surface area contributed by atoms with Gasteiger partial charge in [-0.2, -0.15) is 0 Å². The van der Waals surface area contributed by atoms with Crippen molar-refractivity contribution in [3.63, 3.8) is 0 Å². The molecule has 11 heteroatoms. The largest absolute Gasteiger partial charge is 0.351 e. The molecule has 3 amide bonds. The van der Waals surface area contributed by atoms with Crippen molar-refractivity contribution in [1.29, 1.82) is 0 Å². The van der Waals surface area contributed by atoms with Crippen molar-refractivity contribution >= 4 is 58.3 Å². The summed E-state index contributed by atoms with van der Waals surface area (Å²) in [6.45, 7) is -0.0692. The highest BCUT2D eigenvalue weighted by Crippen LogP contribution is 2.32. The van der Waals surface area contributed by atoms with Crippen molar-refractivity contribution in [3.8, 4) is 0 Å². The van der Waals surface area contributed by atoms with Crippen LogP contribution >= 0.6 is 23.4 Å². The van der Waals surface area contributed by atoms with E-state index in [4.69, 9.17) is 11.6 Å². The summed E-state index contributed by atoms with van der Waals surface area (Å²) < 4.78 is 13.8. The molecule has 2 aromatic carbocycles. The first-order chi connectivity index (χ1) is 15.3. The molecule has 164 valence electrons. The number of imide groups is 1. The van der Waals surface area contributed by atoms with Gasteiger partial charge < -0.3 is 5.32 Å². The number of hydrogen-bond acceptors (Lipinski definition) is 6. The third-order valence-electron chi connectivity index (χ3n) is 4.29. The predicted octanol–water partition coefficient (Wildman–Crippen LogP) is 4.25. The Bertz CT molecular complexity index is 1170. The van der Waals surface area contributed by atoms with Crippen molar-refractivity contribution in [1.82, 2.24) is 10.2 Å². The van der Waals surface area contributed by atoms with Gasteiger partial charge in [-0.1, -0.05) is 35.9 Å². The summed E-state index contributed by atoms with van der Waals surface area (Å²) in [5.41, 5.74) is 0.316. The molecule has 0 saturated carbocycles. The zero-order chi connectivity index (χ0) is 23.3. The maximum atomic E-state index is 13.8. The first kappa shape index (κ1) is 23.2. The fraction of sp³-hybridized carbons (Fsp3) is 0.0952. The summed E-state index contributed by atoms with van der Waals surface area (Å²) in [7, 11) is 0. The molecule has 1 fully saturated rings. The van der Waals surface area contributed by atoms with Gasteiger partial charge in [0.2, 0.25) is 5.91 Å². The van der Waals surface area contributed by atoms with Gasteiger partial charge in [-0.15, -0.1) is 0 Å². The van der Waals surface area contributed by atoms with E-state index in [1.54, 1.807) is 6.07 Å². The summed E-state index contributed by atoms with van der Waals surface area (Å²) in [6.07, 6.45) is 3.85. The van der Waals surface area contributed by atoms with Crippen molar-refractivity contribution in [2.24, 2.45) is 0 Å². The number of benzene rings is 2. The van der Waals surface area contributed by atoms with Crippen molar-refractivity contribution < 1.29 is 23.7 Å². The molecule has 32 heavy (non-hydrogen) atoms. The minimum Gasteiger partial charge on any atom is -0.351 e. The predicted molar refractivity (Wildman–Crippen MR) is 119 cm³/mol. The Morgan fingerprint density at radius 3 is 2.72 bits per heavy atom. The number of hydrogen-bond donors (Lipinski definition) is 1. The molecule has 0 unspecified atom stereocenters. The van der Waals surface area contributed by atoms with Gasteiger partial charge in [-0.05, 0) is 41.6 Å². The van der Waals surface area contributed by atoms with Crippen LogP contribution in [0.4, 0.5) is 14.9 Å². The summed E-state index contributed by atoms with van der Waals surface area (Å²) >= 11 is 6.44. The molecule has 1 saturated heterocycles. The molecule has 1 aliphatic rings. The number of nitrogens with zero attached hydrogens (tertiary/aromatic N) is 2. The molecule has 1 aliphatic heterocycles. The summed E-state index contributed by atoms with van der Waals surface area (Å²) in [5.74, 6) is -1.60. The zero-order valence-corrected chi connectivity index (χ0v) is 17.9. The Hall–Kier alpha value is -3.50. The second kappa shape index (κ2) is 10.2. The number of amides is 3. The number of thioether (sulfide) groups is 1. The van der Waals surface area contributed by atoms with Crippen LogP contribution in [-0.4, -0.2) is 40.0 Å². The highest BCUT2D eigenvalue weighted by Gasteiger charge is 2.34. The molecular formula is C21H15ClFN3O5S. The topological polar surface area (TPSA) is 110 Å². The lowest BCUT2D eigenvalue weighted by Gasteiger charge is -2.12. The van der Waals surface area contributed by atoms with E-state index in [9.17, 15) is 28.9 Å². The van der Waals surface area contributed by atoms with Crippen LogP contribution in [0.5, 0.6) is 0 Å². The Kier molecular flexibility index (Phi) is 7.39. The lowest BCUT2D eigenvalue weighted by Crippen LogP contribution is -2.36. The lowest BCUT2D eigenvalue weighted by molar-refractivity contribution is -0.384. The van der Waals surface area contributed by atoms with Crippen LogP contribution in [0.1, 0.15) is 11.1 Å². The number of rotatable bonds is 7. The van der Waals surface area contributed by atoms with Gasteiger partial charge in [0.25, 0.3) is 16.8 Å². The van der Waals surface area contributed by atoms with Crippen LogP contribution in [0, 0.1) is 15.9 Å². The van der Waals surface area contributed by atoms with E-state index in [0.717, 1.165) is 4.90 Å². The first-order valence-corrected chi connectivity index (χ1v) is 10.4. The Balaban J connectivity index is 1.55. The summed E-state index contributed by atoms with van der Waals surface area (Å²) in [5, 5.41) is 12.9. The number of halogens is 2. The SMILES string of the molecule is O=C(/C=C/c1ccc(Cl)c([N+](=O)[O-])c1)NCCN1C(=O)S/C(=C\c2ccccc2F)C1=O. The lowest BCUT2D eigenvalue weighted by atomic mass is 10.2. The fourth-order valence-electron chi connectivity index (χ4n) is 2.72. The third kappa shape index (κ3) is 5.59. The molecule has 0 radical (unpaired) electrons. The van der Waals surface area contributed by atoms with Crippen molar-refractivity contribution in [2.45, 2.75) is 0 Å². The Morgan fingerprint density at radius 2 is 2.00 bits per heavy atom. The van der Waals surface area contributed by atoms with E-state index < -0.39 is 27.8 Å². The van der Waals surface area contributed by atoms with Crippen LogP contribution in [0.25, 0.3) is 12.2 Å². The van der Waals surface area contributed by atoms with E-state index in [0.29, 0.717) is 17.3 Å². The average Bonchev–Trinajstić information content (AvgIpc) is 3.02. The second-order valence-electron chi connectivity index (χ2n) is 6.45. The van der Waals surface area contributed by atoms with E-state index in [-0.39, 0.29) is 34.3 Å². The van der Waals surface area contributed by atoms with Gasteiger partial charge in [-0.25, -0.2) is 4.39 Å². The van der Waals surface area contributed by atoms with Crippen LogP contribution in [0.3, 0.4) is 0 Å². The average molecular weight is 476 g/mol. The number of carbonyl (C=O) groups excluding carboxylic acids is 3. The number of nitro groups is 1. The molecule has 1 N–H and O–H groups in total. The van der Waals surface area contributed by atoms with Crippen molar-refractivity contribution in [3.05, 3.63) is 85.5 Å². The van der Waals surface area contributed by atoms with Gasteiger partial charge in [-0.3, -0.25) is 29.4 Å². The molecule has 0 bridgehead atoms. The monoisotopic (exact) mass is 475 g/mol. The maximum absolute atomic E-state index is 13.8.